The molecule has 0 saturated carbocycles. The van der Waals surface area contributed by atoms with Crippen molar-refractivity contribution < 1.29 is 14.3 Å². The van der Waals surface area contributed by atoms with Crippen molar-refractivity contribution in [1.82, 2.24) is 14.8 Å². The van der Waals surface area contributed by atoms with E-state index >= 15 is 0 Å². The van der Waals surface area contributed by atoms with Gasteiger partial charge in [-0.25, -0.2) is 9.78 Å². The Balaban J connectivity index is 2.19. The van der Waals surface area contributed by atoms with Gasteiger partial charge in [-0.3, -0.25) is 14.8 Å². The predicted molar refractivity (Wildman–Crippen MR) is 78.7 cm³/mol. The predicted octanol–water partition coefficient (Wildman–Crippen LogP) is 1.92. The van der Waals surface area contributed by atoms with Gasteiger partial charge in [0.15, 0.2) is 5.13 Å². The first-order valence-corrected chi connectivity index (χ1v) is 7.20. The molecule has 7 nitrogen and oxygen atoms in total. The standard InChI is InChI=1S/C13H16N4O3S/c1-5-20-12(19)10-8(3)15-13(21-10)16-11(18)9-7(2)6-14-17(9)4/h6H,5H2,1-4H3,(H,15,16,18). The fraction of sp³-hybridized carbons (Fsp3) is 0.385. The van der Waals surface area contributed by atoms with E-state index in [1.165, 1.54) is 4.68 Å². The molecule has 2 aromatic heterocycles. The van der Waals surface area contributed by atoms with E-state index in [-0.39, 0.29) is 5.91 Å². The molecule has 2 heterocycles. The zero-order valence-corrected chi connectivity index (χ0v) is 13.1. The third-order valence-corrected chi connectivity index (χ3v) is 3.87. The highest BCUT2D eigenvalue weighted by Gasteiger charge is 2.20. The average molecular weight is 308 g/mol. The maximum Gasteiger partial charge on any atom is 0.350 e. The van der Waals surface area contributed by atoms with Crippen molar-refractivity contribution in [2.45, 2.75) is 20.8 Å². The smallest absolute Gasteiger partial charge is 0.350 e. The lowest BCUT2D eigenvalue weighted by Gasteiger charge is -2.03. The molecule has 0 saturated heterocycles. The summed E-state index contributed by atoms with van der Waals surface area (Å²) in [5.41, 5.74) is 1.77. The van der Waals surface area contributed by atoms with Crippen LogP contribution in [0.25, 0.3) is 0 Å². The van der Waals surface area contributed by atoms with Crippen LogP contribution in [0.15, 0.2) is 6.20 Å². The topological polar surface area (TPSA) is 86.1 Å². The molecule has 0 bridgehead atoms. The fourth-order valence-electron chi connectivity index (χ4n) is 1.87. The molecule has 0 aliphatic carbocycles. The molecule has 0 radical (unpaired) electrons. The number of nitrogens with zero attached hydrogens (tertiary/aromatic N) is 3. The molecular weight excluding hydrogens is 292 g/mol. The quantitative estimate of drug-likeness (QED) is 0.872. The number of carbonyl (C=O) groups excluding carboxylic acids is 2. The third kappa shape index (κ3) is 3.10. The minimum absolute atomic E-state index is 0.298. The van der Waals surface area contributed by atoms with Crippen LogP contribution in [0.5, 0.6) is 0 Å². The Morgan fingerprint density at radius 3 is 2.71 bits per heavy atom. The molecule has 0 aliphatic rings. The maximum absolute atomic E-state index is 12.2. The lowest BCUT2D eigenvalue weighted by Crippen LogP contribution is -2.17. The van der Waals surface area contributed by atoms with Gasteiger partial charge in [0.05, 0.1) is 18.5 Å². The van der Waals surface area contributed by atoms with Gasteiger partial charge in [-0.1, -0.05) is 11.3 Å². The van der Waals surface area contributed by atoms with Crippen LogP contribution in [0.3, 0.4) is 0 Å². The molecule has 2 rings (SSSR count). The molecule has 21 heavy (non-hydrogen) atoms. The highest BCUT2D eigenvalue weighted by molar-refractivity contribution is 7.17. The molecule has 2 aromatic rings. The Morgan fingerprint density at radius 1 is 1.43 bits per heavy atom. The second kappa shape index (κ2) is 6.04. The lowest BCUT2D eigenvalue weighted by molar-refractivity contribution is 0.0531. The van der Waals surface area contributed by atoms with Crippen LogP contribution >= 0.6 is 11.3 Å². The minimum atomic E-state index is -0.426. The van der Waals surface area contributed by atoms with Crippen LogP contribution in [0.2, 0.25) is 0 Å². The van der Waals surface area contributed by atoms with Crippen molar-refractivity contribution >= 4 is 28.3 Å². The van der Waals surface area contributed by atoms with Gasteiger partial charge in [0, 0.05) is 7.05 Å². The molecular formula is C13H16N4O3S. The number of ether oxygens (including phenoxy) is 1. The van der Waals surface area contributed by atoms with Gasteiger partial charge in [-0.05, 0) is 26.3 Å². The monoisotopic (exact) mass is 308 g/mol. The number of aromatic nitrogens is 3. The number of rotatable bonds is 4. The lowest BCUT2D eigenvalue weighted by atomic mass is 10.2. The first kappa shape index (κ1) is 15.2. The molecule has 0 atom stereocenters. The molecule has 1 amide bonds. The van der Waals surface area contributed by atoms with Gasteiger partial charge < -0.3 is 4.74 Å². The number of amides is 1. The van der Waals surface area contributed by atoms with Crippen LogP contribution < -0.4 is 5.32 Å². The van der Waals surface area contributed by atoms with E-state index in [9.17, 15) is 9.59 Å². The number of carbonyl (C=O) groups is 2. The van der Waals surface area contributed by atoms with Crippen molar-refractivity contribution in [2.75, 3.05) is 11.9 Å². The van der Waals surface area contributed by atoms with Gasteiger partial charge in [0.2, 0.25) is 0 Å². The van der Waals surface area contributed by atoms with Gasteiger partial charge in [-0.2, -0.15) is 5.10 Å². The van der Waals surface area contributed by atoms with E-state index in [1.54, 1.807) is 34.0 Å². The number of thiazole rings is 1. The van der Waals surface area contributed by atoms with Crippen LogP contribution in [-0.2, 0) is 11.8 Å². The molecule has 0 aromatic carbocycles. The number of esters is 1. The summed E-state index contributed by atoms with van der Waals surface area (Å²) in [5, 5.41) is 7.07. The summed E-state index contributed by atoms with van der Waals surface area (Å²) in [5.74, 6) is -0.735. The Kier molecular flexibility index (Phi) is 4.37. The van der Waals surface area contributed by atoms with Gasteiger partial charge in [0.1, 0.15) is 10.6 Å². The van der Waals surface area contributed by atoms with E-state index < -0.39 is 5.97 Å². The van der Waals surface area contributed by atoms with Crippen LogP contribution in [0.4, 0.5) is 5.13 Å². The van der Waals surface area contributed by atoms with Gasteiger partial charge in [0.25, 0.3) is 5.91 Å². The highest BCUT2D eigenvalue weighted by atomic mass is 32.1. The van der Waals surface area contributed by atoms with E-state index in [4.69, 9.17) is 4.74 Å². The van der Waals surface area contributed by atoms with Crippen molar-refractivity contribution in [1.29, 1.82) is 0 Å². The summed E-state index contributed by atoms with van der Waals surface area (Å²) in [6.45, 7) is 5.54. The summed E-state index contributed by atoms with van der Waals surface area (Å²) in [6.07, 6.45) is 1.62. The van der Waals surface area contributed by atoms with E-state index in [2.05, 4.69) is 15.4 Å². The van der Waals surface area contributed by atoms with Crippen LogP contribution in [-0.4, -0.2) is 33.2 Å². The minimum Gasteiger partial charge on any atom is -0.462 e. The summed E-state index contributed by atoms with van der Waals surface area (Å²) < 4.78 is 6.44. The number of aryl methyl sites for hydroxylation is 3. The summed E-state index contributed by atoms with van der Waals surface area (Å²) >= 11 is 1.10. The zero-order chi connectivity index (χ0) is 15.6. The molecule has 0 aliphatic heterocycles. The van der Waals surface area contributed by atoms with Crippen molar-refractivity contribution in [3.63, 3.8) is 0 Å². The molecule has 0 spiro atoms. The first-order valence-electron chi connectivity index (χ1n) is 6.38. The summed E-state index contributed by atoms with van der Waals surface area (Å²) in [7, 11) is 1.69. The largest absolute Gasteiger partial charge is 0.462 e. The average Bonchev–Trinajstić information content (AvgIpc) is 2.93. The number of anilines is 1. The Morgan fingerprint density at radius 2 is 2.14 bits per heavy atom. The van der Waals surface area contributed by atoms with Crippen molar-refractivity contribution in [3.05, 3.63) is 28.0 Å². The highest BCUT2D eigenvalue weighted by Crippen LogP contribution is 2.24. The summed E-state index contributed by atoms with van der Waals surface area (Å²) in [6, 6.07) is 0. The van der Waals surface area contributed by atoms with E-state index in [1.807, 2.05) is 0 Å². The molecule has 0 unspecified atom stereocenters. The van der Waals surface area contributed by atoms with E-state index in [0.29, 0.717) is 28.0 Å². The molecule has 8 heteroatoms. The van der Waals surface area contributed by atoms with Gasteiger partial charge in [-0.15, -0.1) is 0 Å². The van der Waals surface area contributed by atoms with Gasteiger partial charge >= 0.3 is 5.97 Å². The Hall–Kier alpha value is -2.22. The number of nitrogens with one attached hydrogen (secondary N) is 1. The van der Waals surface area contributed by atoms with Crippen LogP contribution in [0, 0.1) is 13.8 Å². The molecule has 1 N–H and O–H groups in total. The Bertz CT molecular complexity index is 670. The number of hydrogen-bond acceptors (Lipinski definition) is 6. The van der Waals surface area contributed by atoms with Crippen molar-refractivity contribution in [3.8, 4) is 0 Å². The van der Waals surface area contributed by atoms with Crippen LogP contribution in [0.1, 0.15) is 38.3 Å². The fourth-order valence-corrected chi connectivity index (χ4v) is 2.72. The Labute approximate surface area is 125 Å². The maximum atomic E-state index is 12.2. The zero-order valence-electron chi connectivity index (χ0n) is 12.3. The first-order chi connectivity index (χ1) is 9.93. The normalized spacial score (nSPS) is 10.5. The number of hydrogen-bond donors (Lipinski definition) is 1. The SMILES string of the molecule is CCOC(=O)c1sc(NC(=O)c2c(C)cnn2C)nc1C. The molecule has 0 fully saturated rings. The van der Waals surface area contributed by atoms with Crippen molar-refractivity contribution in [2.24, 2.45) is 7.05 Å². The second-order valence-corrected chi connectivity index (χ2v) is 5.41. The molecule has 112 valence electrons. The van der Waals surface area contributed by atoms with E-state index in [0.717, 1.165) is 16.9 Å². The third-order valence-electron chi connectivity index (χ3n) is 2.81. The second-order valence-electron chi connectivity index (χ2n) is 4.41. The summed E-state index contributed by atoms with van der Waals surface area (Å²) in [4.78, 5) is 28.5.